The number of benzene rings is 1. The third-order valence-electron chi connectivity index (χ3n) is 4.74. The molecule has 6 nitrogen and oxygen atoms in total. The van der Waals surface area contributed by atoms with Crippen molar-refractivity contribution in [3.63, 3.8) is 0 Å². The summed E-state index contributed by atoms with van der Waals surface area (Å²) in [7, 11) is 8.16. The Morgan fingerprint density at radius 2 is 1.83 bits per heavy atom. The number of likely N-dealkylation sites (N-methyl/N-ethyl adjacent to an activating group) is 1. The van der Waals surface area contributed by atoms with Gasteiger partial charge in [-0.05, 0) is 35.2 Å². The average Bonchev–Trinajstić information content (AvgIpc) is 3.18. The summed E-state index contributed by atoms with van der Waals surface area (Å²) < 4.78 is 0. The van der Waals surface area contributed by atoms with Crippen molar-refractivity contribution in [3.8, 4) is 0 Å². The maximum atomic E-state index is 13.1. The van der Waals surface area contributed by atoms with Crippen molar-refractivity contribution in [1.29, 1.82) is 0 Å². The molecule has 1 aromatic heterocycles. The maximum absolute atomic E-state index is 13.1. The van der Waals surface area contributed by atoms with Crippen LogP contribution in [0.5, 0.6) is 0 Å². The van der Waals surface area contributed by atoms with Gasteiger partial charge in [0.15, 0.2) is 0 Å². The lowest BCUT2D eigenvalue weighted by molar-refractivity contribution is -0.857. The van der Waals surface area contributed by atoms with Crippen LogP contribution in [-0.2, 0) is 11.3 Å². The molecule has 0 aliphatic rings. The Morgan fingerprint density at radius 3 is 2.37 bits per heavy atom. The lowest BCUT2D eigenvalue weighted by Gasteiger charge is -2.31. The number of anilines is 2. The number of hydrogen-bond donors (Lipinski definition) is 2. The van der Waals surface area contributed by atoms with Crippen LogP contribution in [-0.4, -0.2) is 58.0 Å². The summed E-state index contributed by atoms with van der Waals surface area (Å²) in [6.45, 7) is 7.91. The van der Waals surface area contributed by atoms with E-state index in [2.05, 4.69) is 19.4 Å². The first-order valence-electron chi connectivity index (χ1n) is 10.2. The van der Waals surface area contributed by atoms with Gasteiger partial charge in [-0.2, -0.15) is 0 Å². The molecule has 2 rings (SSSR count). The van der Waals surface area contributed by atoms with Crippen molar-refractivity contribution in [2.75, 3.05) is 51.5 Å². The predicted octanol–water partition coefficient (Wildman–Crippen LogP) is 2.59. The normalized spacial score (nSPS) is 11.5. The van der Waals surface area contributed by atoms with Crippen LogP contribution in [0.2, 0.25) is 0 Å². The molecule has 0 saturated carbocycles. The third-order valence-corrected chi connectivity index (χ3v) is 5.60. The molecule has 0 fully saturated rings. The topological polar surface area (TPSA) is 57.1 Å². The monoisotopic (exact) mass is 431 g/mol. The molecule has 164 valence electrons. The van der Waals surface area contributed by atoms with Crippen LogP contribution >= 0.6 is 11.3 Å². The molecule has 2 aromatic rings. The minimum atomic E-state index is -0.453. The number of quaternary nitrogens is 1. The van der Waals surface area contributed by atoms with Crippen LogP contribution in [0.25, 0.3) is 0 Å². The van der Waals surface area contributed by atoms with Crippen LogP contribution in [0.3, 0.4) is 0 Å². The highest BCUT2D eigenvalue weighted by atomic mass is 32.1. The fourth-order valence-electron chi connectivity index (χ4n) is 3.12. The number of nitrogens with one attached hydrogen (secondary N) is 2. The third kappa shape index (κ3) is 6.57. The summed E-state index contributed by atoms with van der Waals surface area (Å²) in [5, 5.41) is 4.87. The Morgan fingerprint density at radius 1 is 1.13 bits per heavy atom. The fourth-order valence-corrected chi connectivity index (χ4v) is 3.74. The number of amides is 2. The Kier molecular flexibility index (Phi) is 8.03. The van der Waals surface area contributed by atoms with Gasteiger partial charge in [0.25, 0.3) is 5.91 Å². The van der Waals surface area contributed by atoms with Crippen molar-refractivity contribution >= 4 is 34.5 Å². The van der Waals surface area contributed by atoms with Gasteiger partial charge in [-0.1, -0.05) is 26.8 Å². The van der Waals surface area contributed by atoms with E-state index in [0.717, 1.165) is 23.5 Å². The van der Waals surface area contributed by atoms with Gasteiger partial charge in [0.2, 0.25) is 5.91 Å². The molecule has 2 amide bonds. The van der Waals surface area contributed by atoms with Crippen LogP contribution in [0.15, 0.2) is 35.7 Å². The highest BCUT2D eigenvalue weighted by molar-refractivity contribution is 7.12. The molecule has 0 saturated heterocycles. The molecule has 1 heterocycles. The summed E-state index contributed by atoms with van der Waals surface area (Å²) in [6, 6.07) is 9.55. The number of hydrogen-bond acceptors (Lipinski definition) is 4. The van der Waals surface area contributed by atoms with Gasteiger partial charge in [-0.25, -0.2) is 0 Å². The second-order valence-corrected chi connectivity index (χ2v) is 10.1. The first kappa shape index (κ1) is 23.9. The van der Waals surface area contributed by atoms with E-state index in [4.69, 9.17) is 0 Å². The molecule has 2 N–H and O–H groups in total. The van der Waals surface area contributed by atoms with E-state index in [1.54, 1.807) is 0 Å². The molecule has 0 aliphatic heterocycles. The van der Waals surface area contributed by atoms with E-state index < -0.39 is 5.41 Å². The molecule has 0 bridgehead atoms. The zero-order valence-corrected chi connectivity index (χ0v) is 20.0. The van der Waals surface area contributed by atoms with Crippen LogP contribution < -0.4 is 15.1 Å². The molecular formula is C23H35N4O2S+. The zero-order chi connectivity index (χ0) is 22.5. The van der Waals surface area contributed by atoms with Crippen molar-refractivity contribution in [3.05, 3.63) is 46.2 Å². The molecule has 0 atom stereocenters. The summed E-state index contributed by atoms with van der Waals surface area (Å²) in [5.74, 6) is 0.00821. The van der Waals surface area contributed by atoms with E-state index >= 15 is 0 Å². The molecule has 0 aliphatic carbocycles. The summed E-state index contributed by atoms with van der Waals surface area (Å²) in [4.78, 5) is 31.5. The van der Waals surface area contributed by atoms with E-state index in [1.807, 2.05) is 80.4 Å². The van der Waals surface area contributed by atoms with E-state index in [-0.39, 0.29) is 11.8 Å². The lowest BCUT2D eigenvalue weighted by Crippen LogP contribution is -3.06. The second kappa shape index (κ2) is 10.1. The van der Waals surface area contributed by atoms with Gasteiger partial charge < -0.3 is 20.0 Å². The minimum Gasteiger partial charge on any atom is -0.377 e. The molecule has 30 heavy (non-hydrogen) atoms. The number of carbonyl (C=O) groups is 2. The first-order chi connectivity index (χ1) is 14.0. The summed E-state index contributed by atoms with van der Waals surface area (Å²) in [5.41, 5.74) is 2.32. The van der Waals surface area contributed by atoms with Crippen molar-refractivity contribution in [1.82, 2.24) is 4.90 Å². The quantitative estimate of drug-likeness (QED) is 0.676. The lowest BCUT2D eigenvalue weighted by atomic mass is 9.94. The first-order valence-corrected chi connectivity index (χ1v) is 11.1. The highest BCUT2D eigenvalue weighted by Gasteiger charge is 2.28. The minimum absolute atomic E-state index is 0.118. The largest absolute Gasteiger partial charge is 0.377 e. The summed E-state index contributed by atoms with van der Waals surface area (Å²) >= 11 is 1.41. The predicted molar refractivity (Wildman–Crippen MR) is 126 cm³/mol. The second-order valence-electron chi connectivity index (χ2n) is 9.10. The van der Waals surface area contributed by atoms with Gasteiger partial charge in [0, 0.05) is 37.4 Å². The number of nitrogens with zero attached hydrogens (tertiary/aromatic N) is 2. The number of thiophene rings is 1. The van der Waals surface area contributed by atoms with Crippen LogP contribution in [0.1, 0.15) is 36.0 Å². The van der Waals surface area contributed by atoms with Gasteiger partial charge >= 0.3 is 0 Å². The standard InChI is InChI=1S/C23H34N4O2S/c1-23(2,3)22(29)27(13-12-25(4)5)16-17-15-18(10-11-19(17)26(6)7)24-21(28)20-9-8-14-30-20/h8-11,14-15H,12-13,16H2,1-7H3,(H,24,28)/p+1. The van der Waals surface area contributed by atoms with E-state index in [0.29, 0.717) is 18.0 Å². The average molecular weight is 432 g/mol. The molecule has 0 spiro atoms. The Labute approximate surface area is 184 Å². The van der Waals surface area contributed by atoms with Crippen LogP contribution in [0, 0.1) is 5.41 Å². The fraction of sp³-hybridized carbons (Fsp3) is 0.478. The van der Waals surface area contributed by atoms with Crippen molar-refractivity contribution < 1.29 is 14.5 Å². The number of rotatable bonds is 8. The van der Waals surface area contributed by atoms with Crippen LogP contribution in [0.4, 0.5) is 11.4 Å². The van der Waals surface area contributed by atoms with Crippen molar-refractivity contribution in [2.24, 2.45) is 5.41 Å². The van der Waals surface area contributed by atoms with E-state index in [1.165, 1.54) is 16.2 Å². The smallest absolute Gasteiger partial charge is 0.265 e. The molecule has 7 heteroatoms. The number of carbonyl (C=O) groups excluding carboxylic acids is 2. The van der Waals surface area contributed by atoms with E-state index in [9.17, 15) is 9.59 Å². The Balaban J connectivity index is 2.32. The molecular weight excluding hydrogens is 396 g/mol. The van der Waals surface area contributed by atoms with Crippen molar-refractivity contribution in [2.45, 2.75) is 27.3 Å². The van der Waals surface area contributed by atoms with Gasteiger partial charge in [-0.3, -0.25) is 9.59 Å². The highest BCUT2D eigenvalue weighted by Crippen LogP contribution is 2.27. The summed E-state index contributed by atoms with van der Waals surface area (Å²) in [6.07, 6.45) is 0. The molecule has 0 radical (unpaired) electrons. The van der Waals surface area contributed by atoms with Gasteiger partial charge in [-0.15, -0.1) is 11.3 Å². The van der Waals surface area contributed by atoms with Gasteiger partial charge in [0.05, 0.1) is 32.1 Å². The maximum Gasteiger partial charge on any atom is 0.265 e. The Hall–Kier alpha value is -2.38. The zero-order valence-electron chi connectivity index (χ0n) is 19.2. The van der Waals surface area contributed by atoms with Gasteiger partial charge in [0.1, 0.15) is 0 Å². The SMILES string of the molecule is CN(C)c1ccc(NC(=O)c2cccs2)cc1CN(CC[NH+](C)C)C(=O)C(C)(C)C. The Bertz CT molecular complexity index is 855. The molecule has 1 aromatic carbocycles. The molecule has 0 unspecified atom stereocenters.